The Balaban J connectivity index is 2.01. The van der Waals surface area contributed by atoms with E-state index in [1.807, 2.05) is 0 Å². The van der Waals surface area contributed by atoms with Gasteiger partial charge in [-0.05, 0) is 45.4 Å². The van der Waals surface area contributed by atoms with Crippen LogP contribution in [0.5, 0.6) is 5.75 Å². The molecule has 1 aliphatic rings. The van der Waals surface area contributed by atoms with Gasteiger partial charge >= 0.3 is 24.8 Å². The standard InChI is InChI=1S/C22H25F5N4O7S/c1-11(18(32)33)7-14-9-31(39(35,36)17-10-30(19(23)24)29-12(17)2)15-8-13(5-6-16(15)37-14)28-20(34)38-21(3,4)22(25,26)27/h5-6,8,10-11,14,19H,7,9H2,1-4H3,(H,28,34)(H,32,33)/t11-,14-/m0/s1. The summed E-state index contributed by atoms with van der Waals surface area (Å²) in [6.07, 6.45) is -6.81. The van der Waals surface area contributed by atoms with Crippen LogP contribution in [0.2, 0.25) is 0 Å². The number of anilines is 2. The van der Waals surface area contributed by atoms with E-state index in [0.29, 0.717) is 20.0 Å². The predicted molar refractivity (Wildman–Crippen MR) is 125 cm³/mol. The Hall–Kier alpha value is -3.63. The Kier molecular flexibility index (Phi) is 8.06. The molecule has 1 aromatic heterocycles. The monoisotopic (exact) mass is 584 g/mol. The second-order valence-corrected chi connectivity index (χ2v) is 11.1. The Morgan fingerprint density at radius 1 is 1.28 bits per heavy atom. The largest absolute Gasteiger partial charge is 0.486 e. The molecule has 1 aliphatic heterocycles. The molecule has 2 atom stereocenters. The molecule has 2 aromatic rings. The molecule has 0 saturated carbocycles. The molecule has 0 unspecified atom stereocenters. The maximum Gasteiger partial charge on any atom is 0.427 e. The summed E-state index contributed by atoms with van der Waals surface area (Å²) in [5.41, 5.74) is -3.43. The first-order chi connectivity index (χ1) is 17.8. The lowest BCUT2D eigenvalue weighted by Crippen LogP contribution is -2.45. The van der Waals surface area contributed by atoms with E-state index >= 15 is 0 Å². The molecule has 0 aliphatic carbocycles. The summed E-state index contributed by atoms with van der Waals surface area (Å²) in [7, 11) is -4.60. The average molecular weight is 585 g/mol. The molecule has 0 radical (unpaired) electrons. The summed E-state index contributed by atoms with van der Waals surface area (Å²) in [4.78, 5) is 22.9. The summed E-state index contributed by atoms with van der Waals surface area (Å²) in [6.45, 7) is 0.299. The number of hydrogen-bond acceptors (Lipinski definition) is 7. The number of aryl methyl sites for hydroxylation is 1. The minimum Gasteiger partial charge on any atom is -0.486 e. The van der Waals surface area contributed by atoms with Crippen molar-refractivity contribution >= 4 is 33.5 Å². The van der Waals surface area contributed by atoms with Crippen LogP contribution in [0, 0.1) is 12.8 Å². The van der Waals surface area contributed by atoms with E-state index in [2.05, 4.69) is 15.2 Å². The van der Waals surface area contributed by atoms with E-state index in [0.717, 1.165) is 10.4 Å². The van der Waals surface area contributed by atoms with Crippen molar-refractivity contribution in [2.24, 2.45) is 5.92 Å². The number of alkyl halides is 5. The van der Waals surface area contributed by atoms with Gasteiger partial charge in [-0.1, -0.05) is 6.92 Å². The first-order valence-electron chi connectivity index (χ1n) is 11.3. The third-order valence-electron chi connectivity index (χ3n) is 5.85. The Morgan fingerprint density at radius 3 is 2.46 bits per heavy atom. The van der Waals surface area contributed by atoms with Crippen LogP contribution in [0.1, 0.15) is 39.4 Å². The van der Waals surface area contributed by atoms with Crippen molar-refractivity contribution in [3.8, 4) is 5.75 Å². The molecule has 17 heteroatoms. The number of amides is 1. The molecule has 0 fully saturated rings. The van der Waals surface area contributed by atoms with Gasteiger partial charge in [0.25, 0.3) is 10.0 Å². The maximum atomic E-state index is 13.6. The van der Waals surface area contributed by atoms with Gasteiger partial charge < -0.3 is 14.6 Å². The quantitative estimate of drug-likeness (QED) is 0.431. The minimum absolute atomic E-state index is 0.0687. The van der Waals surface area contributed by atoms with Crippen LogP contribution < -0.4 is 14.4 Å². The second-order valence-electron chi connectivity index (χ2n) is 9.29. The number of carbonyl (C=O) groups is 2. The lowest BCUT2D eigenvalue weighted by atomic mass is 10.0. The topological polar surface area (TPSA) is 140 Å². The van der Waals surface area contributed by atoms with Crippen LogP contribution in [-0.2, 0) is 19.6 Å². The number of ether oxygens (including phenoxy) is 2. The number of nitrogens with one attached hydrogen (secondary N) is 1. The van der Waals surface area contributed by atoms with E-state index < -0.39 is 63.9 Å². The number of fused-ring (bicyclic) bond motifs is 1. The van der Waals surface area contributed by atoms with E-state index in [9.17, 15) is 45.1 Å². The smallest absolute Gasteiger partial charge is 0.427 e. The third-order valence-corrected chi connectivity index (χ3v) is 7.73. The minimum atomic E-state index is -4.87. The molecule has 1 aromatic carbocycles. The predicted octanol–water partition coefficient (Wildman–Crippen LogP) is 4.54. The number of halogens is 5. The van der Waals surface area contributed by atoms with Gasteiger partial charge in [0.1, 0.15) is 16.7 Å². The fourth-order valence-electron chi connectivity index (χ4n) is 3.61. The average Bonchev–Trinajstić information content (AvgIpc) is 3.20. The summed E-state index contributed by atoms with van der Waals surface area (Å²) in [6, 6.07) is 3.50. The molecule has 2 heterocycles. The highest BCUT2D eigenvalue weighted by atomic mass is 32.2. The van der Waals surface area contributed by atoms with E-state index in [4.69, 9.17) is 4.74 Å². The van der Waals surface area contributed by atoms with Gasteiger partial charge in [0.2, 0.25) is 5.60 Å². The lowest BCUT2D eigenvalue weighted by molar-refractivity contribution is -0.242. The maximum absolute atomic E-state index is 13.6. The molecule has 0 bridgehead atoms. The lowest BCUT2D eigenvalue weighted by Gasteiger charge is -2.36. The first-order valence-corrected chi connectivity index (χ1v) is 12.7. The Labute approximate surface area is 219 Å². The van der Waals surface area contributed by atoms with E-state index in [1.54, 1.807) is 0 Å². The van der Waals surface area contributed by atoms with Crippen molar-refractivity contribution in [3.63, 3.8) is 0 Å². The van der Waals surface area contributed by atoms with Crippen molar-refractivity contribution in [1.29, 1.82) is 0 Å². The summed E-state index contributed by atoms with van der Waals surface area (Å²) < 4.78 is 104. The number of sulfonamides is 1. The van der Waals surface area contributed by atoms with Crippen LogP contribution in [0.4, 0.5) is 38.1 Å². The van der Waals surface area contributed by atoms with Crippen molar-refractivity contribution in [1.82, 2.24) is 9.78 Å². The molecule has 0 spiro atoms. The Morgan fingerprint density at radius 2 is 1.92 bits per heavy atom. The number of aromatic nitrogens is 2. The number of carboxylic acid groups (broad SMARTS) is 1. The molecule has 3 rings (SSSR count). The van der Waals surface area contributed by atoms with Crippen molar-refractivity contribution in [3.05, 3.63) is 30.1 Å². The molecule has 11 nitrogen and oxygen atoms in total. The third kappa shape index (κ3) is 6.34. The van der Waals surface area contributed by atoms with Crippen LogP contribution in [0.15, 0.2) is 29.3 Å². The molecular weight excluding hydrogens is 559 g/mol. The van der Waals surface area contributed by atoms with Gasteiger partial charge in [-0.3, -0.25) is 14.4 Å². The Bertz CT molecular complexity index is 1360. The van der Waals surface area contributed by atoms with Crippen molar-refractivity contribution in [2.75, 3.05) is 16.2 Å². The fraction of sp³-hybridized carbons (Fsp3) is 0.500. The highest BCUT2D eigenvalue weighted by Crippen LogP contribution is 2.41. The number of rotatable bonds is 8. The summed E-state index contributed by atoms with van der Waals surface area (Å²) >= 11 is 0. The first kappa shape index (κ1) is 29.9. The number of hydrogen-bond donors (Lipinski definition) is 2. The molecular formula is C22H25F5N4O7S. The summed E-state index contributed by atoms with van der Waals surface area (Å²) in [5, 5.41) is 14.9. The zero-order chi connectivity index (χ0) is 29.5. The number of carbonyl (C=O) groups excluding carboxylic acids is 1. The number of benzene rings is 1. The van der Waals surface area contributed by atoms with E-state index in [1.165, 1.54) is 26.0 Å². The number of aliphatic carboxylic acids is 1. The SMILES string of the molecule is Cc1nn(C(F)F)cc1S(=O)(=O)N1C[C@H](C[C@H](C)C(=O)O)Oc2ccc(NC(=O)OC(C)(C)C(F)(F)F)cc21. The highest BCUT2D eigenvalue weighted by molar-refractivity contribution is 7.92. The van der Waals surface area contributed by atoms with Crippen LogP contribution in [0.3, 0.4) is 0 Å². The molecule has 39 heavy (non-hydrogen) atoms. The van der Waals surface area contributed by atoms with Gasteiger partial charge in [0.15, 0.2) is 0 Å². The molecule has 216 valence electrons. The van der Waals surface area contributed by atoms with Crippen molar-refractivity contribution < 1.29 is 54.5 Å². The van der Waals surface area contributed by atoms with Gasteiger partial charge in [-0.15, -0.1) is 0 Å². The van der Waals surface area contributed by atoms with Crippen molar-refractivity contribution in [2.45, 2.75) is 63.4 Å². The van der Waals surface area contributed by atoms with Gasteiger partial charge in [0, 0.05) is 5.69 Å². The normalized spacial score (nSPS) is 16.9. The van der Waals surface area contributed by atoms with Crippen LogP contribution >= 0.6 is 0 Å². The van der Waals surface area contributed by atoms with Gasteiger partial charge in [0.05, 0.1) is 30.0 Å². The van der Waals surface area contributed by atoms with Gasteiger partial charge in [-0.2, -0.15) is 27.1 Å². The van der Waals surface area contributed by atoms with Gasteiger partial charge in [-0.25, -0.2) is 17.9 Å². The highest BCUT2D eigenvalue weighted by Gasteiger charge is 2.51. The van der Waals surface area contributed by atoms with Crippen LogP contribution in [0.25, 0.3) is 0 Å². The zero-order valence-corrected chi connectivity index (χ0v) is 21.8. The zero-order valence-electron chi connectivity index (χ0n) is 21.0. The summed E-state index contributed by atoms with van der Waals surface area (Å²) in [5.74, 6) is -2.16. The number of nitrogens with zero attached hydrogens (tertiary/aromatic N) is 3. The number of carboxylic acids is 1. The van der Waals surface area contributed by atoms with Crippen LogP contribution in [-0.4, -0.2) is 59.8 Å². The fourth-order valence-corrected chi connectivity index (χ4v) is 5.26. The van der Waals surface area contributed by atoms with E-state index in [-0.39, 0.29) is 33.9 Å². The molecule has 0 saturated heterocycles. The second kappa shape index (κ2) is 10.5. The molecule has 2 N–H and O–H groups in total. The molecule has 1 amide bonds.